The van der Waals surface area contributed by atoms with E-state index < -0.39 is 27.3 Å². The van der Waals surface area contributed by atoms with Gasteiger partial charge >= 0.3 is 0 Å². The molecular formula is C12H10F2N2O3S. The van der Waals surface area contributed by atoms with E-state index >= 15 is 0 Å². The van der Waals surface area contributed by atoms with Gasteiger partial charge in [0.15, 0.2) is 0 Å². The molecule has 0 unspecified atom stereocenters. The molecule has 0 bridgehead atoms. The zero-order valence-electron chi connectivity index (χ0n) is 9.97. The number of nitrogen functional groups attached to an aromatic ring is 1. The first-order valence-corrected chi connectivity index (χ1v) is 6.84. The lowest BCUT2D eigenvalue weighted by Gasteiger charge is -2.10. The number of sulfonamides is 1. The van der Waals surface area contributed by atoms with Crippen molar-refractivity contribution in [3.63, 3.8) is 0 Å². The molecule has 8 heteroatoms. The fraction of sp³-hybridized carbons (Fsp3) is 0. The van der Waals surface area contributed by atoms with Crippen LogP contribution in [-0.2, 0) is 10.0 Å². The molecule has 0 amide bonds. The molecule has 0 spiro atoms. The number of hydrogen-bond acceptors (Lipinski definition) is 4. The highest BCUT2D eigenvalue weighted by Crippen LogP contribution is 2.25. The van der Waals surface area contributed by atoms with Crippen molar-refractivity contribution in [2.45, 2.75) is 4.90 Å². The first-order valence-electron chi connectivity index (χ1n) is 5.36. The van der Waals surface area contributed by atoms with E-state index in [2.05, 4.69) is 0 Å². The van der Waals surface area contributed by atoms with Gasteiger partial charge in [-0.3, -0.25) is 4.72 Å². The molecule has 4 N–H and O–H groups in total. The van der Waals surface area contributed by atoms with Crippen molar-refractivity contribution in [1.29, 1.82) is 0 Å². The van der Waals surface area contributed by atoms with Crippen LogP contribution >= 0.6 is 0 Å². The maximum atomic E-state index is 13.4. The largest absolute Gasteiger partial charge is 0.506 e. The second-order valence-corrected chi connectivity index (χ2v) is 5.63. The average molecular weight is 300 g/mol. The molecule has 0 saturated carbocycles. The molecule has 0 radical (unpaired) electrons. The lowest BCUT2D eigenvalue weighted by molar-refractivity contribution is 0.477. The van der Waals surface area contributed by atoms with E-state index in [-0.39, 0.29) is 16.3 Å². The van der Waals surface area contributed by atoms with Crippen molar-refractivity contribution in [1.82, 2.24) is 0 Å². The van der Waals surface area contributed by atoms with Gasteiger partial charge in [-0.05, 0) is 30.3 Å². The van der Waals surface area contributed by atoms with E-state index in [0.717, 1.165) is 30.3 Å². The summed E-state index contributed by atoms with van der Waals surface area (Å²) in [5.74, 6) is -2.13. The van der Waals surface area contributed by atoms with Gasteiger partial charge < -0.3 is 10.8 Å². The monoisotopic (exact) mass is 300 g/mol. The van der Waals surface area contributed by atoms with Crippen molar-refractivity contribution in [3.8, 4) is 5.75 Å². The minimum Gasteiger partial charge on any atom is -0.506 e. The Hall–Kier alpha value is -2.35. The standard InChI is InChI=1S/C12H10F2N2O3S/c13-7-1-3-11(9(14)5-7)16-20(18,19)8-2-4-12(17)10(15)6-8/h1-6,16-17H,15H2. The van der Waals surface area contributed by atoms with E-state index in [9.17, 15) is 22.3 Å². The van der Waals surface area contributed by atoms with Crippen molar-refractivity contribution < 1.29 is 22.3 Å². The van der Waals surface area contributed by atoms with E-state index in [1.807, 2.05) is 4.72 Å². The molecule has 0 aromatic heterocycles. The number of aromatic hydroxyl groups is 1. The van der Waals surface area contributed by atoms with Gasteiger partial charge in [-0.2, -0.15) is 0 Å². The van der Waals surface area contributed by atoms with E-state index in [1.165, 1.54) is 0 Å². The van der Waals surface area contributed by atoms with E-state index in [4.69, 9.17) is 5.73 Å². The van der Waals surface area contributed by atoms with Crippen LogP contribution in [0.5, 0.6) is 5.75 Å². The zero-order valence-corrected chi connectivity index (χ0v) is 10.8. The van der Waals surface area contributed by atoms with Crippen molar-refractivity contribution in [2.75, 3.05) is 10.5 Å². The SMILES string of the molecule is Nc1cc(S(=O)(=O)Nc2ccc(F)cc2F)ccc1O. The summed E-state index contributed by atoms with van der Waals surface area (Å²) in [7, 11) is -4.09. The molecular weight excluding hydrogens is 290 g/mol. The van der Waals surface area contributed by atoms with Crippen molar-refractivity contribution in [3.05, 3.63) is 48.0 Å². The molecule has 2 aromatic rings. The number of anilines is 2. The summed E-state index contributed by atoms with van der Waals surface area (Å²) in [5, 5.41) is 9.23. The predicted octanol–water partition coefficient (Wildman–Crippen LogP) is 2.05. The lowest BCUT2D eigenvalue weighted by Crippen LogP contribution is -2.14. The quantitative estimate of drug-likeness (QED) is 0.597. The Balaban J connectivity index is 2.38. The maximum Gasteiger partial charge on any atom is 0.262 e. The van der Waals surface area contributed by atoms with E-state index in [1.54, 1.807) is 0 Å². The van der Waals surface area contributed by atoms with Crippen LogP contribution in [0.3, 0.4) is 0 Å². The molecule has 2 rings (SSSR count). The Kier molecular flexibility index (Phi) is 3.49. The number of benzene rings is 2. The molecule has 20 heavy (non-hydrogen) atoms. The summed E-state index contributed by atoms with van der Waals surface area (Å²) < 4.78 is 52.1. The van der Waals surface area contributed by atoms with Gasteiger partial charge in [0, 0.05) is 6.07 Å². The third-order valence-corrected chi connectivity index (χ3v) is 3.85. The molecule has 0 aliphatic rings. The van der Waals surface area contributed by atoms with Crippen LogP contribution in [0.25, 0.3) is 0 Å². The summed E-state index contributed by atoms with van der Waals surface area (Å²) >= 11 is 0. The number of hydrogen-bond donors (Lipinski definition) is 3. The van der Waals surface area contributed by atoms with Crippen LogP contribution in [0.2, 0.25) is 0 Å². The van der Waals surface area contributed by atoms with Gasteiger partial charge in [0.05, 0.1) is 16.3 Å². The van der Waals surface area contributed by atoms with Crippen LogP contribution < -0.4 is 10.5 Å². The predicted molar refractivity (Wildman–Crippen MR) is 69.7 cm³/mol. The molecule has 0 fully saturated rings. The molecule has 0 aliphatic carbocycles. The highest BCUT2D eigenvalue weighted by molar-refractivity contribution is 7.92. The summed E-state index contributed by atoms with van der Waals surface area (Å²) in [6, 6.07) is 5.68. The van der Waals surface area contributed by atoms with Crippen LogP contribution in [0.1, 0.15) is 0 Å². The topological polar surface area (TPSA) is 92.4 Å². The first-order chi connectivity index (χ1) is 9.29. The van der Waals surface area contributed by atoms with Gasteiger partial charge in [-0.15, -0.1) is 0 Å². The van der Waals surface area contributed by atoms with Gasteiger partial charge in [0.25, 0.3) is 10.0 Å². The highest BCUT2D eigenvalue weighted by Gasteiger charge is 2.17. The first kappa shape index (κ1) is 14.1. The normalized spacial score (nSPS) is 11.3. The molecule has 0 heterocycles. The number of nitrogens with two attached hydrogens (primary N) is 1. The number of halogens is 2. The van der Waals surface area contributed by atoms with Crippen LogP contribution in [0.4, 0.5) is 20.2 Å². The van der Waals surface area contributed by atoms with Gasteiger partial charge in [0.2, 0.25) is 0 Å². The summed E-state index contributed by atoms with van der Waals surface area (Å²) in [6.45, 7) is 0. The van der Waals surface area contributed by atoms with Crippen molar-refractivity contribution in [2.24, 2.45) is 0 Å². The Labute approximate surface area is 113 Å². The summed E-state index contributed by atoms with van der Waals surface area (Å²) in [6.07, 6.45) is 0. The number of phenols is 1. The Morgan fingerprint density at radius 2 is 1.80 bits per heavy atom. The zero-order chi connectivity index (χ0) is 14.9. The molecule has 2 aromatic carbocycles. The molecule has 0 aliphatic heterocycles. The second-order valence-electron chi connectivity index (χ2n) is 3.95. The Morgan fingerprint density at radius 3 is 2.40 bits per heavy atom. The highest BCUT2D eigenvalue weighted by atomic mass is 32.2. The molecule has 5 nitrogen and oxygen atoms in total. The number of rotatable bonds is 3. The summed E-state index contributed by atoms with van der Waals surface area (Å²) in [4.78, 5) is -0.253. The number of phenolic OH excluding ortho intramolecular Hbond substituents is 1. The molecule has 0 saturated heterocycles. The fourth-order valence-electron chi connectivity index (χ4n) is 1.48. The minimum atomic E-state index is -4.09. The Bertz CT molecular complexity index is 763. The third-order valence-electron chi connectivity index (χ3n) is 2.48. The smallest absolute Gasteiger partial charge is 0.262 e. The van der Waals surface area contributed by atoms with Gasteiger partial charge in [-0.25, -0.2) is 17.2 Å². The van der Waals surface area contributed by atoms with Gasteiger partial charge in [-0.1, -0.05) is 0 Å². The van der Waals surface area contributed by atoms with Crippen LogP contribution in [0, 0.1) is 11.6 Å². The average Bonchev–Trinajstić information content (AvgIpc) is 2.36. The summed E-state index contributed by atoms with van der Waals surface area (Å²) in [5.41, 5.74) is 4.87. The van der Waals surface area contributed by atoms with Crippen LogP contribution in [-0.4, -0.2) is 13.5 Å². The Morgan fingerprint density at radius 1 is 1.10 bits per heavy atom. The van der Waals surface area contributed by atoms with E-state index in [0.29, 0.717) is 6.07 Å². The lowest BCUT2D eigenvalue weighted by atomic mass is 10.3. The minimum absolute atomic E-state index is 0.132. The number of nitrogens with one attached hydrogen (secondary N) is 1. The van der Waals surface area contributed by atoms with Gasteiger partial charge in [0.1, 0.15) is 17.4 Å². The third kappa shape index (κ3) is 2.80. The molecule has 0 atom stereocenters. The second kappa shape index (κ2) is 4.97. The van der Waals surface area contributed by atoms with Crippen LogP contribution in [0.15, 0.2) is 41.3 Å². The van der Waals surface area contributed by atoms with Crippen molar-refractivity contribution >= 4 is 21.4 Å². The fourth-order valence-corrected chi connectivity index (χ4v) is 2.58. The molecule has 106 valence electrons. The maximum absolute atomic E-state index is 13.4.